The summed E-state index contributed by atoms with van der Waals surface area (Å²) in [6.07, 6.45) is 0. The summed E-state index contributed by atoms with van der Waals surface area (Å²) in [5, 5.41) is 17.9. The lowest BCUT2D eigenvalue weighted by Gasteiger charge is -2.33. The zero-order valence-electron chi connectivity index (χ0n) is 27.3. The van der Waals surface area contributed by atoms with E-state index in [4.69, 9.17) is 18.8 Å². The van der Waals surface area contributed by atoms with E-state index in [0.717, 1.165) is 61.2 Å². The van der Waals surface area contributed by atoms with Crippen molar-refractivity contribution < 1.29 is 8.83 Å². The zero-order valence-corrected chi connectivity index (χ0v) is 27.3. The first-order chi connectivity index (χ1) is 25.7. The van der Waals surface area contributed by atoms with Crippen molar-refractivity contribution >= 4 is 93.6 Å². The summed E-state index contributed by atoms with van der Waals surface area (Å²) < 4.78 is 15.0. The van der Waals surface area contributed by atoms with E-state index in [1.165, 1.54) is 27.1 Å². The summed E-state index contributed by atoms with van der Waals surface area (Å²) in [6.45, 7) is 0. The number of aromatic nitrogens is 3. The van der Waals surface area contributed by atoms with Crippen LogP contribution < -0.4 is 4.90 Å². The zero-order chi connectivity index (χ0) is 34.1. The van der Waals surface area contributed by atoms with E-state index >= 15 is 0 Å². The highest BCUT2D eigenvalue weighted by Crippen LogP contribution is 2.52. The second-order valence-electron chi connectivity index (χ2n) is 13.3. The molecule has 1 aliphatic rings. The standard InChI is InChI=1S/C45H23N5O2/c46-24-34-44-41(32-14-4-6-18-39(32)52-44)48-45(47-34)26-10-7-11-27(21-26)49-35-16-8-15-30-31-20-19-25-9-1-2-12-28(25)42(31)50(43(30)35)36-22-33-29-13-3-5-17-38(29)51-40(33)23-37(36)49/h1-23H. The number of benzene rings is 7. The number of nitriles is 1. The molecule has 4 aromatic heterocycles. The molecule has 7 heteroatoms. The molecule has 0 unspecified atom stereocenters. The van der Waals surface area contributed by atoms with Crippen molar-refractivity contribution in [2.45, 2.75) is 0 Å². The molecule has 0 radical (unpaired) electrons. The van der Waals surface area contributed by atoms with Crippen LogP contribution in [0.2, 0.25) is 0 Å². The minimum Gasteiger partial charge on any atom is -0.456 e. The third-order valence-corrected chi connectivity index (χ3v) is 10.5. The van der Waals surface area contributed by atoms with Crippen molar-refractivity contribution in [3.05, 3.63) is 145 Å². The monoisotopic (exact) mass is 665 g/mol. The molecule has 7 aromatic carbocycles. The van der Waals surface area contributed by atoms with E-state index in [1.807, 2.05) is 48.5 Å². The summed E-state index contributed by atoms with van der Waals surface area (Å²) in [4.78, 5) is 12.0. The van der Waals surface area contributed by atoms with Gasteiger partial charge >= 0.3 is 0 Å². The lowest BCUT2D eigenvalue weighted by Crippen LogP contribution is -2.18. The van der Waals surface area contributed by atoms with Crippen LogP contribution in [0.5, 0.6) is 0 Å². The number of nitrogens with zero attached hydrogens (tertiary/aromatic N) is 5. The number of fused-ring (bicyclic) bond motifs is 13. The first-order valence-corrected chi connectivity index (χ1v) is 17.1. The lowest BCUT2D eigenvalue weighted by molar-refractivity contribution is 0.664. The van der Waals surface area contributed by atoms with Gasteiger partial charge in [-0.25, -0.2) is 9.97 Å². The van der Waals surface area contributed by atoms with E-state index in [-0.39, 0.29) is 5.69 Å². The molecule has 11 aromatic rings. The van der Waals surface area contributed by atoms with Crippen LogP contribution in [-0.2, 0) is 0 Å². The van der Waals surface area contributed by atoms with Crippen molar-refractivity contribution in [1.29, 1.82) is 5.26 Å². The van der Waals surface area contributed by atoms with E-state index in [9.17, 15) is 5.26 Å². The minimum absolute atomic E-state index is 0.207. The van der Waals surface area contributed by atoms with E-state index in [1.54, 1.807) is 0 Å². The molecule has 240 valence electrons. The SMILES string of the molecule is N#Cc1nc(-c2cccc(N3c4cc5oc6ccccc6c5cc4-n4c5c3cccc5c3ccc5ccccc5c34)c2)nc2c1oc1ccccc12. The highest BCUT2D eigenvalue weighted by atomic mass is 16.3. The molecule has 52 heavy (non-hydrogen) atoms. The normalized spacial score (nSPS) is 12.6. The van der Waals surface area contributed by atoms with Gasteiger partial charge in [-0.15, -0.1) is 0 Å². The molecule has 0 aliphatic carbocycles. The third kappa shape index (κ3) is 3.52. The van der Waals surface area contributed by atoms with Gasteiger partial charge in [0.2, 0.25) is 0 Å². The predicted octanol–water partition coefficient (Wildman–Crippen LogP) is 11.8. The average molecular weight is 666 g/mol. The third-order valence-electron chi connectivity index (χ3n) is 10.5. The van der Waals surface area contributed by atoms with E-state index in [0.29, 0.717) is 22.5 Å². The molecule has 0 amide bonds. The second-order valence-corrected chi connectivity index (χ2v) is 13.3. The predicted molar refractivity (Wildman–Crippen MR) is 207 cm³/mol. The summed E-state index contributed by atoms with van der Waals surface area (Å²) >= 11 is 0. The van der Waals surface area contributed by atoms with Gasteiger partial charge in [-0.2, -0.15) is 5.26 Å². The topological polar surface area (TPSA) is 84.0 Å². The molecule has 12 rings (SSSR count). The van der Waals surface area contributed by atoms with Crippen LogP contribution in [0.25, 0.3) is 93.7 Å². The van der Waals surface area contributed by atoms with Gasteiger partial charge in [-0.3, -0.25) is 0 Å². The molecule has 0 bridgehead atoms. The number of furan rings is 2. The Morgan fingerprint density at radius 2 is 1.27 bits per heavy atom. The fourth-order valence-corrected chi connectivity index (χ4v) is 8.33. The molecule has 0 N–H and O–H groups in total. The molecule has 0 atom stereocenters. The van der Waals surface area contributed by atoms with Gasteiger partial charge in [0, 0.05) is 49.6 Å². The Kier molecular flexibility index (Phi) is 5.19. The maximum atomic E-state index is 10.1. The number of hydrogen-bond donors (Lipinski definition) is 0. The summed E-state index contributed by atoms with van der Waals surface area (Å²) in [5.41, 5.74) is 10.7. The largest absolute Gasteiger partial charge is 0.456 e. The Bertz CT molecular complexity index is 3400. The van der Waals surface area contributed by atoms with Crippen molar-refractivity contribution in [2.75, 3.05) is 4.90 Å². The van der Waals surface area contributed by atoms with Crippen molar-refractivity contribution in [3.63, 3.8) is 0 Å². The smallest absolute Gasteiger partial charge is 0.190 e. The van der Waals surface area contributed by atoms with Crippen LogP contribution in [-0.4, -0.2) is 14.5 Å². The molecule has 0 fully saturated rings. The van der Waals surface area contributed by atoms with Crippen LogP contribution in [0.3, 0.4) is 0 Å². The highest BCUT2D eigenvalue weighted by Gasteiger charge is 2.31. The number of hydrogen-bond acceptors (Lipinski definition) is 6. The van der Waals surface area contributed by atoms with E-state index < -0.39 is 0 Å². The Morgan fingerprint density at radius 3 is 2.15 bits per heavy atom. The van der Waals surface area contributed by atoms with Crippen molar-refractivity contribution in [3.8, 4) is 23.1 Å². The van der Waals surface area contributed by atoms with Crippen LogP contribution in [0, 0.1) is 11.3 Å². The number of para-hydroxylation sites is 3. The molecule has 0 saturated carbocycles. The minimum atomic E-state index is 0.207. The van der Waals surface area contributed by atoms with Crippen LogP contribution in [0.4, 0.5) is 17.1 Å². The first kappa shape index (κ1) is 27.4. The maximum absolute atomic E-state index is 10.1. The van der Waals surface area contributed by atoms with Crippen LogP contribution >= 0.6 is 0 Å². The maximum Gasteiger partial charge on any atom is 0.190 e. The van der Waals surface area contributed by atoms with Gasteiger partial charge in [0.05, 0.1) is 28.1 Å². The first-order valence-electron chi connectivity index (χ1n) is 17.1. The number of rotatable bonds is 2. The molecule has 5 heterocycles. The van der Waals surface area contributed by atoms with Crippen molar-refractivity contribution in [1.82, 2.24) is 14.5 Å². The summed E-state index contributed by atoms with van der Waals surface area (Å²) in [6, 6.07) is 50.5. The number of anilines is 3. The van der Waals surface area contributed by atoms with Crippen LogP contribution in [0.1, 0.15) is 5.69 Å². The lowest BCUT2D eigenvalue weighted by atomic mass is 10.0. The van der Waals surface area contributed by atoms with Gasteiger partial charge in [0.25, 0.3) is 0 Å². The van der Waals surface area contributed by atoms with E-state index in [2.05, 4.69) is 107 Å². The Morgan fingerprint density at radius 1 is 0.519 bits per heavy atom. The Balaban J connectivity index is 1.17. The quantitative estimate of drug-likeness (QED) is 0.183. The van der Waals surface area contributed by atoms with Crippen molar-refractivity contribution in [2.24, 2.45) is 0 Å². The van der Waals surface area contributed by atoms with Gasteiger partial charge in [0.15, 0.2) is 17.1 Å². The molecule has 1 aliphatic heterocycles. The van der Waals surface area contributed by atoms with Gasteiger partial charge in [-0.05, 0) is 47.9 Å². The van der Waals surface area contributed by atoms with Gasteiger partial charge in [0.1, 0.15) is 28.3 Å². The highest BCUT2D eigenvalue weighted by molar-refractivity contribution is 6.23. The van der Waals surface area contributed by atoms with Gasteiger partial charge in [-0.1, -0.05) is 91.0 Å². The summed E-state index contributed by atoms with van der Waals surface area (Å²) in [7, 11) is 0. The molecule has 0 spiro atoms. The summed E-state index contributed by atoms with van der Waals surface area (Å²) in [5.74, 6) is 0.459. The van der Waals surface area contributed by atoms with Gasteiger partial charge < -0.3 is 18.3 Å². The Hall–Kier alpha value is -7.43. The molecule has 0 saturated heterocycles. The average Bonchev–Trinajstić information content (AvgIpc) is 3.87. The molecular weight excluding hydrogens is 643 g/mol. The molecular formula is C45H23N5O2. The fourth-order valence-electron chi connectivity index (χ4n) is 8.33. The second kappa shape index (κ2) is 9.84. The fraction of sp³-hybridized carbons (Fsp3) is 0. The Labute approximate surface area is 294 Å². The van der Waals surface area contributed by atoms with Crippen LogP contribution in [0.15, 0.2) is 148 Å². The molecule has 7 nitrogen and oxygen atoms in total.